The first-order valence-corrected chi connectivity index (χ1v) is 9.77. The Hall–Kier alpha value is -0.0400. The summed E-state index contributed by atoms with van der Waals surface area (Å²) in [6, 6.07) is 0. The predicted octanol–water partition coefficient (Wildman–Crippen LogP) is 6.70. The van der Waals surface area contributed by atoms with Gasteiger partial charge in [0.2, 0.25) is 0 Å². The lowest BCUT2D eigenvalue weighted by Gasteiger charge is -2.32. The maximum Gasteiger partial charge on any atom is -0.00207 e. The predicted molar refractivity (Wildman–Crippen MR) is 97.7 cm³/mol. The molecule has 0 aliphatic carbocycles. The minimum Gasteiger partial charge on any atom is -0.330 e. The van der Waals surface area contributed by atoms with Crippen molar-refractivity contribution in [2.75, 3.05) is 6.54 Å². The topological polar surface area (TPSA) is 26.0 Å². The summed E-state index contributed by atoms with van der Waals surface area (Å²) in [6.07, 6.45) is 18.5. The Morgan fingerprint density at radius 2 is 1.10 bits per heavy atom. The van der Waals surface area contributed by atoms with Gasteiger partial charge < -0.3 is 5.73 Å². The molecular formula is C20H43N. The van der Waals surface area contributed by atoms with Crippen molar-refractivity contribution in [1.82, 2.24) is 0 Å². The molecule has 128 valence electrons. The van der Waals surface area contributed by atoms with E-state index in [1.165, 1.54) is 83.5 Å². The summed E-state index contributed by atoms with van der Waals surface area (Å²) < 4.78 is 0. The van der Waals surface area contributed by atoms with Crippen molar-refractivity contribution in [2.45, 2.75) is 111 Å². The smallest absolute Gasteiger partial charge is 0.00207 e. The molecule has 0 heterocycles. The van der Waals surface area contributed by atoms with Gasteiger partial charge in [0.1, 0.15) is 0 Å². The van der Waals surface area contributed by atoms with Gasteiger partial charge in [-0.3, -0.25) is 0 Å². The van der Waals surface area contributed by atoms with Crippen LogP contribution in [0.25, 0.3) is 0 Å². The maximum atomic E-state index is 5.95. The minimum atomic E-state index is 0.360. The summed E-state index contributed by atoms with van der Waals surface area (Å²) in [5.41, 5.74) is 6.31. The average molecular weight is 298 g/mol. The molecule has 2 N–H and O–H groups in total. The third-order valence-corrected chi connectivity index (χ3v) is 5.46. The second-order valence-electron chi connectivity index (χ2n) is 7.65. The van der Waals surface area contributed by atoms with Crippen LogP contribution in [-0.4, -0.2) is 6.54 Å². The normalized spacial score (nSPS) is 14.6. The van der Waals surface area contributed by atoms with Crippen LogP contribution in [0.15, 0.2) is 0 Å². The molecule has 0 aromatic heterocycles. The molecule has 0 fully saturated rings. The van der Waals surface area contributed by atoms with Gasteiger partial charge in [-0.25, -0.2) is 0 Å². The van der Waals surface area contributed by atoms with E-state index in [9.17, 15) is 0 Å². The number of unbranched alkanes of at least 4 members (excludes halogenated alkanes) is 11. The first-order valence-electron chi connectivity index (χ1n) is 9.77. The van der Waals surface area contributed by atoms with E-state index in [1.54, 1.807) is 0 Å². The standard InChI is InChI=1S/C20H43N/c1-5-6-7-8-9-10-11-12-13-14-15-16-17-20(4,18-21)19(2)3/h19H,5-18,21H2,1-4H3/t20-/m0/s1. The molecule has 0 saturated carbocycles. The van der Waals surface area contributed by atoms with E-state index >= 15 is 0 Å². The lowest BCUT2D eigenvalue weighted by molar-refractivity contribution is 0.202. The highest BCUT2D eigenvalue weighted by Gasteiger charge is 2.25. The first kappa shape index (κ1) is 21.0. The zero-order chi connectivity index (χ0) is 16.0. The van der Waals surface area contributed by atoms with Crippen LogP contribution in [0.1, 0.15) is 111 Å². The molecule has 0 saturated heterocycles. The highest BCUT2D eigenvalue weighted by atomic mass is 14.6. The summed E-state index contributed by atoms with van der Waals surface area (Å²) in [7, 11) is 0. The molecule has 0 bridgehead atoms. The van der Waals surface area contributed by atoms with E-state index in [0.29, 0.717) is 11.3 Å². The van der Waals surface area contributed by atoms with Gasteiger partial charge in [0.15, 0.2) is 0 Å². The second kappa shape index (κ2) is 13.6. The highest BCUT2D eigenvalue weighted by Crippen LogP contribution is 2.31. The van der Waals surface area contributed by atoms with Gasteiger partial charge in [0.05, 0.1) is 0 Å². The van der Waals surface area contributed by atoms with Gasteiger partial charge in [-0.05, 0) is 24.3 Å². The van der Waals surface area contributed by atoms with Gasteiger partial charge >= 0.3 is 0 Å². The SMILES string of the molecule is CCCCCCCCCCCCCC[C@@](C)(CN)C(C)C. The van der Waals surface area contributed by atoms with Crippen LogP contribution >= 0.6 is 0 Å². The fraction of sp³-hybridized carbons (Fsp3) is 1.00. The van der Waals surface area contributed by atoms with Crippen molar-refractivity contribution in [3.8, 4) is 0 Å². The van der Waals surface area contributed by atoms with Crippen LogP contribution < -0.4 is 5.73 Å². The molecule has 0 aliphatic heterocycles. The number of hydrogen-bond donors (Lipinski definition) is 1. The van der Waals surface area contributed by atoms with E-state index in [4.69, 9.17) is 5.73 Å². The second-order valence-corrected chi connectivity index (χ2v) is 7.65. The van der Waals surface area contributed by atoms with E-state index in [1.807, 2.05) is 0 Å². The molecule has 0 aliphatic rings. The zero-order valence-corrected chi connectivity index (χ0v) is 15.6. The molecule has 21 heavy (non-hydrogen) atoms. The molecule has 0 unspecified atom stereocenters. The lowest BCUT2D eigenvalue weighted by Crippen LogP contribution is -2.32. The zero-order valence-electron chi connectivity index (χ0n) is 15.6. The molecule has 1 heteroatoms. The van der Waals surface area contributed by atoms with Crippen molar-refractivity contribution in [3.63, 3.8) is 0 Å². The Balaban J connectivity index is 3.29. The Kier molecular flexibility index (Phi) is 13.6. The van der Waals surface area contributed by atoms with Crippen molar-refractivity contribution in [2.24, 2.45) is 17.1 Å². The van der Waals surface area contributed by atoms with Gasteiger partial charge in [0.25, 0.3) is 0 Å². The summed E-state index contributed by atoms with van der Waals surface area (Å²) in [5, 5.41) is 0. The molecule has 0 rings (SSSR count). The fourth-order valence-electron chi connectivity index (χ4n) is 3.00. The Morgan fingerprint density at radius 3 is 1.43 bits per heavy atom. The minimum absolute atomic E-state index is 0.360. The van der Waals surface area contributed by atoms with Crippen LogP contribution in [-0.2, 0) is 0 Å². The monoisotopic (exact) mass is 297 g/mol. The molecule has 0 aromatic carbocycles. The molecule has 0 amide bonds. The fourth-order valence-corrected chi connectivity index (χ4v) is 3.00. The summed E-state index contributed by atoms with van der Waals surface area (Å²) in [6.45, 7) is 10.1. The van der Waals surface area contributed by atoms with Crippen LogP contribution in [0.5, 0.6) is 0 Å². The van der Waals surface area contributed by atoms with E-state index in [-0.39, 0.29) is 0 Å². The van der Waals surface area contributed by atoms with E-state index in [2.05, 4.69) is 27.7 Å². The van der Waals surface area contributed by atoms with Crippen molar-refractivity contribution in [1.29, 1.82) is 0 Å². The quantitative estimate of drug-likeness (QED) is 0.334. The molecule has 1 atom stereocenters. The van der Waals surface area contributed by atoms with Gasteiger partial charge in [0, 0.05) is 0 Å². The van der Waals surface area contributed by atoms with Crippen molar-refractivity contribution in [3.05, 3.63) is 0 Å². The molecule has 0 aromatic rings. The average Bonchev–Trinajstić information content (AvgIpc) is 2.47. The number of rotatable bonds is 15. The van der Waals surface area contributed by atoms with Crippen LogP contribution in [0.2, 0.25) is 0 Å². The van der Waals surface area contributed by atoms with Gasteiger partial charge in [-0.2, -0.15) is 0 Å². The third-order valence-electron chi connectivity index (χ3n) is 5.46. The van der Waals surface area contributed by atoms with Crippen LogP contribution in [0, 0.1) is 11.3 Å². The molecule has 0 radical (unpaired) electrons. The maximum absolute atomic E-state index is 5.95. The third kappa shape index (κ3) is 11.2. The first-order chi connectivity index (χ1) is 10.1. The Bertz CT molecular complexity index is 212. The van der Waals surface area contributed by atoms with Crippen LogP contribution in [0.3, 0.4) is 0 Å². The molecule has 0 spiro atoms. The van der Waals surface area contributed by atoms with Crippen LogP contribution in [0.4, 0.5) is 0 Å². The van der Waals surface area contributed by atoms with E-state index < -0.39 is 0 Å². The molecule has 1 nitrogen and oxygen atoms in total. The van der Waals surface area contributed by atoms with Gasteiger partial charge in [-0.15, -0.1) is 0 Å². The van der Waals surface area contributed by atoms with Crippen molar-refractivity contribution >= 4 is 0 Å². The number of hydrogen-bond acceptors (Lipinski definition) is 1. The molecular weight excluding hydrogens is 254 g/mol. The highest BCUT2D eigenvalue weighted by molar-refractivity contribution is 4.78. The number of nitrogens with two attached hydrogens (primary N) is 1. The van der Waals surface area contributed by atoms with Crippen molar-refractivity contribution < 1.29 is 0 Å². The van der Waals surface area contributed by atoms with Gasteiger partial charge in [-0.1, -0.05) is 105 Å². The Labute approximate surface area is 135 Å². The Morgan fingerprint density at radius 1 is 0.714 bits per heavy atom. The largest absolute Gasteiger partial charge is 0.330 e. The summed E-state index contributed by atoms with van der Waals surface area (Å²) >= 11 is 0. The lowest BCUT2D eigenvalue weighted by atomic mass is 9.75. The van der Waals surface area contributed by atoms with E-state index in [0.717, 1.165) is 6.54 Å². The summed E-state index contributed by atoms with van der Waals surface area (Å²) in [5.74, 6) is 0.704. The summed E-state index contributed by atoms with van der Waals surface area (Å²) in [4.78, 5) is 0.